The molecular weight excluding hydrogens is 368 g/mol. The molecule has 2 fully saturated rings. The fourth-order valence-corrected chi connectivity index (χ4v) is 5.04. The molecule has 2 aliphatic rings. The monoisotopic (exact) mass is 386 g/mol. The summed E-state index contributed by atoms with van der Waals surface area (Å²) in [5, 5.41) is 1.74. The SMILES string of the molecule is Cc1nsc(N2CCC3CCN(c4cnc5cc(Cl)ccc5n4)CC32)n1. The molecule has 2 unspecified atom stereocenters. The number of hydrogen-bond donors (Lipinski definition) is 0. The summed E-state index contributed by atoms with van der Waals surface area (Å²) in [5.41, 5.74) is 1.72. The van der Waals surface area contributed by atoms with Crippen LogP contribution in [0.1, 0.15) is 18.7 Å². The van der Waals surface area contributed by atoms with Crippen LogP contribution in [0, 0.1) is 12.8 Å². The third-order valence-electron chi connectivity index (χ3n) is 5.44. The highest BCUT2D eigenvalue weighted by atomic mass is 35.5. The van der Waals surface area contributed by atoms with Gasteiger partial charge in [-0.3, -0.25) is 4.98 Å². The van der Waals surface area contributed by atoms with Gasteiger partial charge in [0.1, 0.15) is 11.6 Å². The van der Waals surface area contributed by atoms with Crippen molar-refractivity contribution in [1.82, 2.24) is 19.3 Å². The summed E-state index contributed by atoms with van der Waals surface area (Å²) < 4.78 is 4.36. The van der Waals surface area contributed by atoms with Crippen molar-refractivity contribution >= 4 is 45.1 Å². The quantitative estimate of drug-likeness (QED) is 0.671. The predicted molar refractivity (Wildman–Crippen MR) is 105 cm³/mol. The van der Waals surface area contributed by atoms with E-state index in [0.29, 0.717) is 11.1 Å². The second-order valence-electron chi connectivity index (χ2n) is 7.03. The Morgan fingerprint density at radius 2 is 2.04 bits per heavy atom. The predicted octanol–water partition coefficient (Wildman–Crippen LogP) is 3.55. The van der Waals surface area contributed by atoms with Crippen LogP contribution in [-0.2, 0) is 0 Å². The Balaban J connectivity index is 1.42. The van der Waals surface area contributed by atoms with Crippen LogP contribution >= 0.6 is 23.1 Å². The zero-order valence-corrected chi connectivity index (χ0v) is 16.0. The second-order valence-corrected chi connectivity index (χ2v) is 8.20. The number of fused-ring (bicyclic) bond motifs is 2. The number of rotatable bonds is 2. The highest BCUT2D eigenvalue weighted by Gasteiger charge is 2.40. The van der Waals surface area contributed by atoms with Crippen LogP contribution in [0.4, 0.5) is 10.9 Å². The topological polar surface area (TPSA) is 58.0 Å². The summed E-state index contributed by atoms with van der Waals surface area (Å²) in [5.74, 6) is 2.53. The molecule has 2 aromatic heterocycles. The normalized spacial score (nSPS) is 22.8. The van der Waals surface area contributed by atoms with Gasteiger partial charge >= 0.3 is 0 Å². The van der Waals surface area contributed by atoms with Crippen molar-refractivity contribution in [2.45, 2.75) is 25.8 Å². The van der Waals surface area contributed by atoms with E-state index in [1.165, 1.54) is 24.4 Å². The third kappa shape index (κ3) is 2.79. The minimum Gasteiger partial charge on any atom is -0.353 e. The highest BCUT2D eigenvalue weighted by molar-refractivity contribution is 7.09. The molecule has 2 aliphatic heterocycles. The molecular formula is C18H19ClN6S. The summed E-state index contributed by atoms with van der Waals surface area (Å²) in [7, 11) is 0. The van der Waals surface area contributed by atoms with E-state index in [0.717, 1.165) is 53.4 Å². The Hall–Kier alpha value is -1.99. The molecule has 0 N–H and O–H groups in total. The van der Waals surface area contributed by atoms with Gasteiger partial charge in [0.15, 0.2) is 0 Å². The van der Waals surface area contributed by atoms with Gasteiger partial charge in [0, 0.05) is 36.2 Å². The fraction of sp³-hybridized carbons (Fsp3) is 0.444. The molecule has 4 heterocycles. The molecule has 0 bridgehead atoms. The number of piperidine rings is 1. The molecule has 5 rings (SSSR count). The van der Waals surface area contributed by atoms with E-state index in [1.807, 2.05) is 31.3 Å². The lowest BCUT2D eigenvalue weighted by Crippen LogP contribution is -2.48. The summed E-state index contributed by atoms with van der Waals surface area (Å²) >= 11 is 7.56. The lowest BCUT2D eigenvalue weighted by Gasteiger charge is -2.38. The van der Waals surface area contributed by atoms with E-state index in [2.05, 4.69) is 24.1 Å². The maximum atomic E-state index is 6.05. The molecule has 26 heavy (non-hydrogen) atoms. The van der Waals surface area contributed by atoms with Gasteiger partial charge < -0.3 is 9.80 Å². The molecule has 134 valence electrons. The number of benzene rings is 1. The van der Waals surface area contributed by atoms with Crippen molar-refractivity contribution in [1.29, 1.82) is 0 Å². The lowest BCUT2D eigenvalue weighted by molar-refractivity contribution is 0.389. The van der Waals surface area contributed by atoms with Crippen LogP contribution < -0.4 is 9.80 Å². The smallest absolute Gasteiger partial charge is 0.205 e. The maximum absolute atomic E-state index is 6.05. The fourth-order valence-electron chi connectivity index (χ4n) is 4.12. The minimum atomic E-state index is 0.471. The van der Waals surface area contributed by atoms with Crippen molar-refractivity contribution in [2.75, 3.05) is 29.4 Å². The van der Waals surface area contributed by atoms with Gasteiger partial charge in [-0.2, -0.15) is 4.37 Å². The number of aromatic nitrogens is 4. The Kier molecular flexibility index (Phi) is 3.94. The average molecular weight is 387 g/mol. The van der Waals surface area contributed by atoms with Crippen molar-refractivity contribution in [2.24, 2.45) is 5.92 Å². The van der Waals surface area contributed by atoms with Crippen LogP contribution in [0.25, 0.3) is 11.0 Å². The molecule has 0 spiro atoms. The minimum absolute atomic E-state index is 0.471. The van der Waals surface area contributed by atoms with Gasteiger partial charge in [-0.15, -0.1) is 0 Å². The van der Waals surface area contributed by atoms with E-state index in [9.17, 15) is 0 Å². The largest absolute Gasteiger partial charge is 0.353 e. The second kappa shape index (κ2) is 6.32. The first-order valence-corrected chi connectivity index (χ1v) is 10.1. The van der Waals surface area contributed by atoms with E-state index >= 15 is 0 Å². The highest BCUT2D eigenvalue weighted by Crippen LogP contribution is 2.36. The molecule has 0 radical (unpaired) electrons. The molecule has 2 saturated heterocycles. The van der Waals surface area contributed by atoms with Gasteiger partial charge in [0.05, 0.1) is 23.3 Å². The van der Waals surface area contributed by atoms with Crippen molar-refractivity contribution in [3.8, 4) is 0 Å². The molecule has 1 aromatic carbocycles. The first-order chi connectivity index (χ1) is 12.7. The van der Waals surface area contributed by atoms with E-state index in [1.54, 1.807) is 0 Å². The van der Waals surface area contributed by atoms with Crippen LogP contribution in [0.15, 0.2) is 24.4 Å². The van der Waals surface area contributed by atoms with Crippen molar-refractivity contribution < 1.29 is 0 Å². The number of anilines is 2. The Labute approximate surface area is 161 Å². The third-order valence-corrected chi connectivity index (χ3v) is 6.52. The molecule has 2 atom stereocenters. The molecule has 6 nitrogen and oxygen atoms in total. The first-order valence-electron chi connectivity index (χ1n) is 8.91. The number of aryl methyl sites for hydroxylation is 1. The van der Waals surface area contributed by atoms with Gasteiger partial charge in [-0.1, -0.05) is 11.6 Å². The van der Waals surface area contributed by atoms with Gasteiger partial charge in [-0.25, -0.2) is 9.97 Å². The van der Waals surface area contributed by atoms with E-state index < -0.39 is 0 Å². The lowest BCUT2D eigenvalue weighted by atomic mass is 9.92. The number of halogens is 1. The zero-order chi connectivity index (χ0) is 17.7. The van der Waals surface area contributed by atoms with Crippen LogP contribution in [0.3, 0.4) is 0 Å². The molecule has 0 amide bonds. The zero-order valence-electron chi connectivity index (χ0n) is 14.5. The first kappa shape index (κ1) is 16.2. The van der Waals surface area contributed by atoms with Crippen LogP contribution in [-0.4, -0.2) is 45.0 Å². The van der Waals surface area contributed by atoms with Crippen molar-refractivity contribution in [3.05, 3.63) is 35.2 Å². The number of hydrogen-bond acceptors (Lipinski definition) is 7. The van der Waals surface area contributed by atoms with Crippen LogP contribution in [0.5, 0.6) is 0 Å². The summed E-state index contributed by atoms with van der Waals surface area (Å²) in [4.78, 5) is 18.8. The van der Waals surface area contributed by atoms with E-state index in [4.69, 9.17) is 16.6 Å². The Morgan fingerprint density at radius 1 is 1.15 bits per heavy atom. The summed E-state index contributed by atoms with van der Waals surface area (Å²) in [6.45, 7) is 5.01. The van der Waals surface area contributed by atoms with Gasteiger partial charge in [-0.05, 0) is 43.9 Å². The number of nitrogens with zero attached hydrogens (tertiary/aromatic N) is 6. The Morgan fingerprint density at radius 3 is 2.88 bits per heavy atom. The van der Waals surface area contributed by atoms with Gasteiger partial charge in [0.25, 0.3) is 0 Å². The standard InChI is InChI=1S/C18H19ClN6S/c1-11-21-18(26-23-11)25-7-5-12-4-6-24(10-16(12)25)17-9-20-15-8-13(19)2-3-14(15)22-17/h2-3,8-9,12,16H,4-7,10H2,1H3. The van der Waals surface area contributed by atoms with Gasteiger partial charge in [0.2, 0.25) is 5.13 Å². The Bertz CT molecular complexity index is 960. The van der Waals surface area contributed by atoms with E-state index in [-0.39, 0.29) is 0 Å². The van der Waals surface area contributed by atoms with Crippen molar-refractivity contribution in [3.63, 3.8) is 0 Å². The van der Waals surface area contributed by atoms with Crippen LogP contribution in [0.2, 0.25) is 5.02 Å². The summed E-state index contributed by atoms with van der Waals surface area (Å²) in [6.07, 6.45) is 4.28. The maximum Gasteiger partial charge on any atom is 0.205 e. The molecule has 8 heteroatoms. The molecule has 3 aromatic rings. The average Bonchev–Trinajstić information content (AvgIpc) is 3.26. The molecule has 0 saturated carbocycles. The molecule has 0 aliphatic carbocycles. The summed E-state index contributed by atoms with van der Waals surface area (Å²) in [6, 6.07) is 6.13.